The highest BCUT2D eigenvalue weighted by Gasteiger charge is 2.09. The van der Waals surface area contributed by atoms with E-state index in [1.165, 1.54) is 0 Å². The Morgan fingerprint density at radius 2 is 2.20 bits per heavy atom. The molecule has 1 N–H and O–H groups in total. The number of pyridine rings is 1. The van der Waals surface area contributed by atoms with E-state index in [0.29, 0.717) is 11.3 Å². The van der Waals surface area contributed by atoms with Crippen molar-refractivity contribution in [3.05, 3.63) is 36.3 Å². The van der Waals surface area contributed by atoms with Crippen LogP contribution < -0.4 is 10.2 Å². The summed E-state index contributed by atoms with van der Waals surface area (Å²) in [6.07, 6.45) is 6.00. The second kappa shape index (κ2) is 6.18. The first-order valence-electron chi connectivity index (χ1n) is 6.57. The number of rotatable bonds is 5. The van der Waals surface area contributed by atoms with Crippen molar-refractivity contribution < 1.29 is 4.79 Å². The fourth-order valence-corrected chi connectivity index (χ4v) is 1.89. The summed E-state index contributed by atoms with van der Waals surface area (Å²) in [5, 5.41) is 6.78. The minimum Gasteiger partial charge on any atom is -0.360 e. The van der Waals surface area contributed by atoms with Crippen LogP contribution in [0.15, 0.2) is 30.7 Å². The molecule has 2 rings (SSSR count). The van der Waals surface area contributed by atoms with Crippen LogP contribution in [0.4, 0.5) is 11.5 Å². The van der Waals surface area contributed by atoms with Gasteiger partial charge in [-0.1, -0.05) is 6.92 Å². The molecule has 20 heavy (non-hydrogen) atoms. The van der Waals surface area contributed by atoms with Crippen LogP contribution in [-0.4, -0.2) is 34.3 Å². The molecular weight excluding hydrogens is 254 g/mol. The molecule has 0 aliphatic rings. The van der Waals surface area contributed by atoms with Crippen molar-refractivity contribution in [1.29, 1.82) is 0 Å². The number of nitrogens with one attached hydrogen (secondary N) is 1. The van der Waals surface area contributed by atoms with Gasteiger partial charge in [-0.3, -0.25) is 9.48 Å². The lowest BCUT2D eigenvalue weighted by molar-refractivity contribution is 0.102. The molecule has 6 nitrogen and oxygen atoms in total. The van der Waals surface area contributed by atoms with Gasteiger partial charge in [-0.05, 0) is 18.6 Å². The third-order valence-electron chi connectivity index (χ3n) is 2.92. The summed E-state index contributed by atoms with van der Waals surface area (Å²) in [4.78, 5) is 18.4. The molecule has 2 aromatic heterocycles. The van der Waals surface area contributed by atoms with Crippen molar-refractivity contribution >= 4 is 17.4 Å². The lowest BCUT2D eigenvalue weighted by Crippen LogP contribution is -2.19. The summed E-state index contributed by atoms with van der Waals surface area (Å²) in [6, 6.07) is 3.63. The van der Waals surface area contributed by atoms with E-state index in [2.05, 4.69) is 27.2 Å². The average Bonchev–Trinajstić information content (AvgIpc) is 2.84. The number of aryl methyl sites for hydroxylation is 1. The number of hydrogen-bond donors (Lipinski definition) is 1. The second-order valence-electron chi connectivity index (χ2n) is 4.68. The monoisotopic (exact) mass is 273 g/mol. The highest BCUT2D eigenvalue weighted by molar-refractivity contribution is 6.04. The molecule has 6 heteroatoms. The van der Waals surface area contributed by atoms with Crippen molar-refractivity contribution in [1.82, 2.24) is 14.8 Å². The molecule has 0 unspecified atom stereocenters. The maximum Gasteiger partial charge on any atom is 0.257 e. The van der Waals surface area contributed by atoms with E-state index < -0.39 is 0 Å². The molecule has 0 saturated carbocycles. The maximum absolute atomic E-state index is 12.0. The summed E-state index contributed by atoms with van der Waals surface area (Å²) in [5.74, 6) is 0.681. The molecular formula is C14H19N5O. The molecule has 1 amide bonds. The first-order valence-corrected chi connectivity index (χ1v) is 6.57. The molecule has 0 spiro atoms. The third-order valence-corrected chi connectivity index (χ3v) is 2.92. The van der Waals surface area contributed by atoms with Crippen molar-refractivity contribution in [3.8, 4) is 0 Å². The van der Waals surface area contributed by atoms with Crippen LogP contribution in [0.5, 0.6) is 0 Å². The van der Waals surface area contributed by atoms with Gasteiger partial charge in [-0.15, -0.1) is 0 Å². The Hall–Kier alpha value is -2.37. The topological polar surface area (TPSA) is 63.1 Å². The van der Waals surface area contributed by atoms with E-state index in [1.54, 1.807) is 36.4 Å². The standard InChI is InChI=1S/C14H19N5O/c1-4-7-18(2)13-6-5-11(8-15-13)14(20)17-12-9-16-19(3)10-12/h5-6,8-10H,4,7H2,1-3H3,(H,17,20). The van der Waals surface area contributed by atoms with Gasteiger partial charge >= 0.3 is 0 Å². The molecule has 0 radical (unpaired) electrons. The highest BCUT2D eigenvalue weighted by Crippen LogP contribution is 2.12. The predicted molar refractivity (Wildman–Crippen MR) is 79.0 cm³/mol. The first kappa shape index (κ1) is 14.0. The van der Waals surface area contributed by atoms with Crippen LogP contribution in [-0.2, 0) is 7.05 Å². The fourth-order valence-electron chi connectivity index (χ4n) is 1.89. The predicted octanol–water partition coefficient (Wildman–Crippen LogP) is 1.91. The number of carbonyl (C=O) groups excluding carboxylic acids is 1. The summed E-state index contributed by atoms with van der Waals surface area (Å²) >= 11 is 0. The van der Waals surface area contributed by atoms with Crippen LogP contribution in [0.1, 0.15) is 23.7 Å². The number of anilines is 2. The molecule has 0 aliphatic carbocycles. The van der Waals surface area contributed by atoms with Gasteiger partial charge in [0.15, 0.2) is 0 Å². The first-order chi connectivity index (χ1) is 9.60. The van der Waals surface area contributed by atoms with Gasteiger partial charge in [0.2, 0.25) is 0 Å². The van der Waals surface area contributed by atoms with Crippen LogP contribution in [0, 0.1) is 0 Å². The zero-order valence-corrected chi connectivity index (χ0v) is 12.0. The highest BCUT2D eigenvalue weighted by atomic mass is 16.1. The third kappa shape index (κ3) is 3.34. The summed E-state index contributed by atoms with van der Waals surface area (Å²) in [7, 11) is 3.79. The Morgan fingerprint density at radius 1 is 1.40 bits per heavy atom. The number of amides is 1. The van der Waals surface area contributed by atoms with Gasteiger partial charge in [0, 0.05) is 33.0 Å². The molecule has 106 valence electrons. The average molecular weight is 273 g/mol. The van der Waals surface area contributed by atoms with Gasteiger partial charge < -0.3 is 10.2 Å². The molecule has 0 bridgehead atoms. The molecule has 0 saturated heterocycles. The minimum atomic E-state index is -0.185. The lowest BCUT2D eigenvalue weighted by atomic mass is 10.2. The summed E-state index contributed by atoms with van der Waals surface area (Å²) < 4.78 is 1.64. The van der Waals surface area contributed by atoms with E-state index in [9.17, 15) is 4.79 Å². The Kier molecular flexibility index (Phi) is 4.34. The number of nitrogens with zero attached hydrogens (tertiary/aromatic N) is 4. The molecule has 0 aromatic carbocycles. The zero-order chi connectivity index (χ0) is 14.5. The van der Waals surface area contributed by atoms with Crippen LogP contribution >= 0.6 is 0 Å². The zero-order valence-electron chi connectivity index (χ0n) is 12.0. The van der Waals surface area contributed by atoms with E-state index in [0.717, 1.165) is 18.8 Å². The van der Waals surface area contributed by atoms with Crippen LogP contribution in [0.25, 0.3) is 0 Å². The number of aromatic nitrogens is 3. The van der Waals surface area contributed by atoms with Gasteiger partial charge in [0.25, 0.3) is 5.91 Å². The van der Waals surface area contributed by atoms with Crippen molar-refractivity contribution in [3.63, 3.8) is 0 Å². The summed E-state index contributed by atoms with van der Waals surface area (Å²) in [5.41, 5.74) is 1.20. The number of hydrogen-bond acceptors (Lipinski definition) is 4. The largest absolute Gasteiger partial charge is 0.360 e. The smallest absolute Gasteiger partial charge is 0.257 e. The van der Waals surface area contributed by atoms with E-state index >= 15 is 0 Å². The fraction of sp³-hybridized carbons (Fsp3) is 0.357. The second-order valence-corrected chi connectivity index (χ2v) is 4.68. The SMILES string of the molecule is CCCN(C)c1ccc(C(=O)Nc2cnn(C)c2)cn1. The molecule has 0 atom stereocenters. The van der Waals surface area contributed by atoms with Crippen LogP contribution in [0.3, 0.4) is 0 Å². The quantitative estimate of drug-likeness (QED) is 0.904. The van der Waals surface area contributed by atoms with Gasteiger partial charge in [-0.2, -0.15) is 5.10 Å². The van der Waals surface area contributed by atoms with E-state index in [-0.39, 0.29) is 5.91 Å². The maximum atomic E-state index is 12.0. The van der Waals surface area contributed by atoms with Crippen molar-refractivity contribution in [2.45, 2.75) is 13.3 Å². The van der Waals surface area contributed by atoms with Crippen LogP contribution in [0.2, 0.25) is 0 Å². The lowest BCUT2D eigenvalue weighted by Gasteiger charge is -2.16. The Balaban J connectivity index is 2.04. The Morgan fingerprint density at radius 3 is 2.75 bits per heavy atom. The van der Waals surface area contributed by atoms with Crippen molar-refractivity contribution in [2.75, 3.05) is 23.8 Å². The van der Waals surface area contributed by atoms with Gasteiger partial charge in [0.05, 0.1) is 17.4 Å². The van der Waals surface area contributed by atoms with Gasteiger partial charge in [0.1, 0.15) is 5.82 Å². The van der Waals surface area contributed by atoms with Gasteiger partial charge in [-0.25, -0.2) is 4.98 Å². The Labute approximate surface area is 118 Å². The van der Waals surface area contributed by atoms with Crippen molar-refractivity contribution in [2.24, 2.45) is 7.05 Å². The summed E-state index contributed by atoms with van der Waals surface area (Å²) in [6.45, 7) is 3.06. The normalized spacial score (nSPS) is 10.3. The minimum absolute atomic E-state index is 0.185. The Bertz CT molecular complexity index is 576. The number of carbonyl (C=O) groups is 1. The molecule has 2 aromatic rings. The molecule has 0 aliphatic heterocycles. The van der Waals surface area contributed by atoms with E-state index in [4.69, 9.17) is 0 Å². The molecule has 2 heterocycles. The molecule has 0 fully saturated rings. The van der Waals surface area contributed by atoms with E-state index in [1.807, 2.05) is 13.1 Å².